The van der Waals surface area contributed by atoms with Crippen molar-refractivity contribution in [2.75, 3.05) is 6.54 Å². The van der Waals surface area contributed by atoms with Crippen LogP contribution in [0.4, 0.5) is 0 Å². The van der Waals surface area contributed by atoms with Crippen molar-refractivity contribution in [3.05, 3.63) is 39.2 Å². The molecule has 1 aliphatic rings. The van der Waals surface area contributed by atoms with E-state index in [0.29, 0.717) is 6.04 Å². The average Bonchev–Trinajstić information content (AvgIpc) is 3.00. The topological polar surface area (TPSA) is 24.9 Å². The van der Waals surface area contributed by atoms with Gasteiger partial charge in [0.05, 0.1) is 10.7 Å². The Kier molecular flexibility index (Phi) is 3.90. The summed E-state index contributed by atoms with van der Waals surface area (Å²) in [5.74, 6) is 0. The number of nitrogens with one attached hydrogen (secondary N) is 1. The predicted octanol–water partition coefficient (Wildman–Crippen LogP) is 4.03. The highest BCUT2D eigenvalue weighted by atomic mass is 32.1. The van der Waals surface area contributed by atoms with E-state index in [9.17, 15) is 0 Å². The molecule has 0 amide bonds. The van der Waals surface area contributed by atoms with Crippen molar-refractivity contribution in [3.63, 3.8) is 0 Å². The molecule has 1 aliphatic heterocycles. The molecule has 1 aromatic carbocycles. The second kappa shape index (κ2) is 5.66. The molecule has 1 fully saturated rings. The summed E-state index contributed by atoms with van der Waals surface area (Å²) in [5.41, 5.74) is 6.46. The molecule has 3 heteroatoms. The first kappa shape index (κ1) is 13.8. The first-order valence-electron chi connectivity index (χ1n) is 7.39. The van der Waals surface area contributed by atoms with Crippen LogP contribution in [-0.4, -0.2) is 17.6 Å². The van der Waals surface area contributed by atoms with E-state index in [1.54, 1.807) is 11.3 Å². The van der Waals surface area contributed by atoms with E-state index in [-0.39, 0.29) is 0 Å². The maximum absolute atomic E-state index is 4.87. The molecular weight excluding hydrogens is 264 g/mol. The summed E-state index contributed by atoms with van der Waals surface area (Å²) >= 11 is 1.80. The lowest BCUT2D eigenvalue weighted by Gasteiger charge is -2.09. The zero-order valence-corrected chi connectivity index (χ0v) is 13.3. The van der Waals surface area contributed by atoms with Crippen molar-refractivity contribution in [2.45, 2.75) is 46.1 Å². The van der Waals surface area contributed by atoms with E-state index >= 15 is 0 Å². The quantitative estimate of drug-likeness (QED) is 0.921. The fraction of sp³-hybridized carbons (Fsp3) is 0.471. The van der Waals surface area contributed by atoms with Crippen LogP contribution in [0.3, 0.4) is 0 Å². The first-order chi connectivity index (χ1) is 9.63. The van der Waals surface area contributed by atoms with Crippen molar-refractivity contribution in [1.29, 1.82) is 0 Å². The predicted molar refractivity (Wildman–Crippen MR) is 86.5 cm³/mol. The second-order valence-electron chi connectivity index (χ2n) is 5.90. The number of thiazole rings is 1. The number of rotatable bonds is 3. The maximum atomic E-state index is 4.87. The summed E-state index contributed by atoms with van der Waals surface area (Å²) in [5, 5.41) is 7.03. The molecule has 20 heavy (non-hydrogen) atoms. The summed E-state index contributed by atoms with van der Waals surface area (Å²) in [6.45, 7) is 7.70. The highest BCUT2D eigenvalue weighted by Gasteiger charge is 2.17. The van der Waals surface area contributed by atoms with Gasteiger partial charge in [0.15, 0.2) is 0 Å². The van der Waals surface area contributed by atoms with E-state index in [2.05, 4.69) is 43.6 Å². The van der Waals surface area contributed by atoms with Crippen LogP contribution >= 0.6 is 11.3 Å². The number of aryl methyl sites for hydroxylation is 3. The molecule has 0 saturated carbocycles. The fourth-order valence-electron chi connectivity index (χ4n) is 3.25. The van der Waals surface area contributed by atoms with Crippen LogP contribution in [0, 0.1) is 20.8 Å². The number of benzene rings is 1. The second-order valence-corrected chi connectivity index (χ2v) is 6.84. The molecule has 0 aliphatic carbocycles. The van der Waals surface area contributed by atoms with Crippen LogP contribution < -0.4 is 5.32 Å². The van der Waals surface area contributed by atoms with E-state index in [1.807, 2.05) is 0 Å². The molecule has 0 radical (unpaired) electrons. The summed E-state index contributed by atoms with van der Waals surface area (Å²) in [6, 6.07) is 5.13. The first-order valence-corrected chi connectivity index (χ1v) is 8.27. The Hall–Kier alpha value is -1.19. The molecule has 2 nitrogen and oxygen atoms in total. The molecule has 3 rings (SSSR count). The van der Waals surface area contributed by atoms with Gasteiger partial charge in [0.25, 0.3) is 0 Å². The minimum Gasteiger partial charge on any atom is -0.314 e. The Morgan fingerprint density at radius 2 is 2.00 bits per heavy atom. The van der Waals surface area contributed by atoms with Crippen molar-refractivity contribution in [1.82, 2.24) is 10.3 Å². The van der Waals surface area contributed by atoms with Gasteiger partial charge in [-0.2, -0.15) is 0 Å². The maximum Gasteiger partial charge on any atom is 0.0948 e. The minimum atomic E-state index is 0.634. The number of aromatic nitrogens is 1. The van der Waals surface area contributed by atoms with Gasteiger partial charge >= 0.3 is 0 Å². The van der Waals surface area contributed by atoms with Gasteiger partial charge in [0.1, 0.15) is 0 Å². The third-order valence-corrected chi connectivity index (χ3v) is 4.94. The van der Waals surface area contributed by atoms with E-state index < -0.39 is 0 Å². The summed E-state index contributed by atoms with van der Waals surface area (Å²) < 4.78 is 0. The molecule has 2 aromatic rings. The molecule has 1 atom stereocenters. The molecule has 106 valence electrons. The third kappa shape index (κ3) is 2.79. The van der Waals surface area contributed by atoms with Crippen molar-refractivity contribution in [3.8, 4) is 11.3 Å². The van der Waals surface area contributed by atoms with Gasteiger partial charge in [-0.25, -0.2) is 4.98 Å². The average molecular weight is 286 g/mol. The van der Waals surface area contributed by atoms with Crippen LogP contribution in [0.15, 0.2) is 17.5 Å². The minimum absolute atomic E-state index is 0.634. The lowest BCUT2D eigenvalue weighted by atomic mass is 9.98. The third-order valence-electron chi connectivity index (χ3n) is 4.07. The summed E-state index contributed by atoms with van der Waals surface area (Å²) in [4.78, 5) is 4.87. The van der Waals surface area contributed by atoms with Crippen LogP contribution in [0.1, 0.15) is 34.5 Å². The molecule has 1 saturated heterocycles. The van der Waals surface area contributed by atoms with Crippen molar-refractivity contribution in [2.24, 2.45) is 0 Å². The fourth-order valence-corrected chi connectivity index (χ4v) is 4.11. The van der Waals surface area contributed by atoms with Gasteiger partial charge in [0, 0.05) is 23.4 Å². The lowest BCUT2D eigenvalue weighted by molar-refractivity contribution is 0.601. The molecule has 0 spiro atoms. The zero-order chi connectivity index (χ0) is 14.1. The Labute approximate surface area is 125 Å². The van der Waals surface area contributed by atoms with Crippen LogP contribution in [-0.2, 0) is 6.42 Å². The Balaban J connectivity index is 1.86. The summed E-state index contributed by atoms with van der Waals surface area (Å²) in [6.07, 6.45) is 3.67. The monoisotopic (exact) mass is 286 g/mol. The standard InChI is InChI=1S/C17H22N2S/c1-11-7-12(2)17(13(3)8-11)15-10-20-16(19-15)9-14-5-4-6-18-14/h7-8,10,14,18H,4-6,9H2,1-3H3. The number of nitrogens with zero attached hydrogens (tertiary/aromatic N) is 1. The van der Waals surface area contributed by atoms with Crippen molar-refractivity contribution < 1.29 is 0 Å². The molecule has 0 bridgehead atoms. The van der Waals surface area contributed by atoms with E-state index in [1.165, 1.54) is 46.6 Å². The Bertz CT molecular complexity index is 586. The van der Waals surface area contributed by atoms with Gasteiger partial charge in [-0.3, -0.25) is 0 Å². The van der Waals surface area contributed by atoms with E-state index in [4.69, 9.17) is 4.98 Å². The van der Waals surface area contributed by atoms with E-state index in [0.717, 1.165) is 12.1 Å². The number of hydrogen-bond acceptors (Lipinski definition) is 3. The van der Waals surface area contributed by atoms with Gasteiger partial charge in [-0.1, -0.05) is 17.7 Å². The normalized spacial score (nSPS) is 18.6. The molecule has 1 unspecified atom stereocenters. The van der Waals surface area contributed by atoms with Gasteiger partial charge in [-0.15, -0.1) is 11.3 Å². The Morgan fingerprint density at radius 3 is 2.65 bits per heavy atom. The lowest BCUT2D eigenvalue weighted by Crippen LogP contribution is -2.23. The van der Waals surface area contributed by atoms with Crippen LogP contribution in [0.2, 0.25) is 0 Å². The SMILES string of the molecule is Cc1cc(C)c(-c2csc(CC3CCCN3)n2)c(C)c1. The molecular formula is C17H22N2S. The van der Waals surface area contributed by atoms with Crippen LogP contribution in [0.25, 0.3) is 11.3 Å². The highest BCUT2D eigenvalue weighted by Crippen LogP contribution is 2.30. The van der Waals surface area contributed by atoms with Gasteiger partial charge in [0.2, 0.25) is 0 Å². The molecule has 2 heterocycles. The Morgan fingerprint density at radius 1 is 1.25 bits per heavy atom. The summed E-state index contributed by atoms with van der Waals surface area (Å²) in [7, 11) is 0. The van der Waals surface area contributed by atoms with Crippen molar-refractivity contribution >= 4 is 11.3 Å². The highest BCUT2D eigenvalue weighted by molar-refractivity contribution is 7.09. The molecule has 1 aromatic heterocycles. The van der Waals surface area contributed by atoms with Crippen LogP contribution in [0.5, 0.6) is 0 Å². The zero-order valence-electron chi connectivity index (χ0n) is 12.5. The largest absolute Gasteiger partial charge is 0.314 e. The smallest absolute Gasteiger partial charge is 0.0948 e. The van der Waals surface area contributed by atoms with Gasteiger partial charge < -0.3 is 5.32 Å². The number of hydrogen-bond donors (Lipinski definition) is 1. The van der Waals surface area contributed by atoms with Gasteiger partial charge in [-0.05, 0) is 51.3 Å². The molecule has 1 N–H and O–H groups in total.